The lowest BCUT2D eigenvalue weighted by Crippen LogP contribution is -2.24. The zero-order chi connectivity index (χ0) is 15.8. The highest BCUT2D eigenvalue weighted by atomic mass is 16.6. The van der Waals surface area contributed by atoms with Crippen molar-refractivity contribution < 1.29 is 19.1 Å². The molecule has 0 fully saturated rings. The van der Waals surface area contributed by atoms with E-state index in [1.165, 1.54) is 0 Å². The van der Waals surface area contributed by atoms with Gasteiger partial charge in [-0.15, -0.1) is 0 Å². The summed E-state index contributed by atoms with van der Waals surface area (Å²) in [5.41, 5.74) is -0.186. The van der Waals surface area contributed by atoms with Crippen molar-refractivity contribution in [1.82, 2.24) is 0 Å². The SMILES string of the molecule is CC(C)(C)CCCCOC(=O)CCC(=O)OC(C)(C)C. The summed E-state index contributed by atoms with van der Waals surface area (Å²) in [6.45, 7) is 12.4. The van der Waals surface area contributed by atoms with Crippen LogP contribution in [0.25, 0.3) is 0 Å². The molecule has 0 atom stereocenters. The molecule has 0 saturated carbocycles. The number of esters is 2. The number of rotatable bonds is 7. The molecule has 0 N–H and O–H groups in total. The highest BCUT2D eigenvalue weighted by Crippen LogP contribution is 2.21. The van der Waals surface area contributed by atoms with Gasteiger partial charge in [0.1, 0.15) is 5.60 Å². The lowest BCUT2D eigenvalue weighted by atomic mass is 9.90. The topological polar surface area (TPSA) is 52.6 Å². The lowest BCUT2D eigenvalue weighted by molar-refractivity contribution is -0.158. The van der Waals surface area contributed by atoms with E-state index in [-0.39, 0.29) is 24.8 Å². The third-order valence-electron chi connectivity index (χ3n) is 2.54. The van der Waals surface area contributed by atoms with E-state index in [2.05, 4.69) is 20.8 Å². The van der Waals surface area contributed by atoms with E-state index in [9.17, 15) is 9.59 Å². The highest BCUT2D eigenvalue weighted by Gasteiger charge is 2.17. The van der Waals surface area contributed by atoms with Crippen molar-refractivity contribution in [2.24, 2.45) is 5.41 Å². The molecule has 4 heteroatoms. The van der Waals surface area contributed by atoms with Crippen LogP contribution in [0.2, 0.25) is 0 Å². The predicted octanol–water partition coefficient (Wildman–Crippen LogP) is 3.87. The molecule has 0 aromatic rings. The first kappa shape index (κ1) is 18.9. The van der Waals surface area contributed by atoms with Crippen molar-refractivity contribution in [3.8, 4) is 0 Å². The van der Waals surface area contributed by atoms with Crippen LogP contribution in [0, 0.1) is 5.41 Å². The Balaban J connectivity index is 3.62. The molecule has 0 rings (SSSR count). The molecule has 20 heavy (non-hydrogen) atoms. The van der Waals surface area contributed by atoms with Crippen molar-refractivity contribution in [2.45, 2.75) is 79.2 Å². The maximum absolute atomic E-state index is 11.4. The molecule has 0 radical (unpaired) electrons. The molecule has 0 unspecified atom stereocenters. The van der Waals surface area contributed by atoms with Gasteiger partial charge < -0.3 is 9.47 Å². The molecule has 0 spiro atoms. The van der Waals surface area contributed by atoms with Gasteiger partial charge in [0.05, 0.1) is 19.4 Å². The van der Waals surface area contributed by atoms with Crippen molar-refractivity contribution >= 4 is 11.9 Å². The Bertz CT molecular complexity index is 307. The van der Waals surface area contributed by atoms with Crippen molar-refractivity contribution in [3.63, 3.8) is 0 Å². The molecule has 0 amide bonds. The Kier molecular flexibility index (Phi) is 7.84. The minimum absolute atomic E-state index is 0.0814. The van der Waals surface area contributed by atoms with E-state index >= 15 is 0 Å². The summed E-state index contributed by atoms with van der Waals surface area (Å²) in [5.74, 6) is -0.686. The summed E-state index contributed by atoms with van der Waals surface area (Å²) in [7, 11) is 0. The smallest absolute Gasteiger partial charge is 0.306 e. The quantitative estimate of drug-likeness (QED) is 0.526. The van der Waals surface area contributed by atoms with Crippen LogP contribution >= 0.6 is 0 Å². The Hall–Kier alpha value is -1.06. The van der Waals surface area contributed by atoms with Crippen molar-refractivity contribution in [2.75, 3.05) is 6.61 Å². The summed E-state index contributed by atoms with van der Waals surface area (Å²) in [6, 6.07) is 0. The standard InChI is InChI=1S/C16H30O4/c1-15(2,3)11-7-8-12-19-13(17)9-10-14(18)20-16(4,5)6/h7-12H2,1-6H3. The number of unbranched alkanes of at least 4 members (excludes halogenated alkanes) is 1. The monoisotopic (exact) mass is 286 g/mol. The van der Waals surface area contributed by atoms with Gasteiger partial charge in [0.2, 0.25) is 0 Å². The molecule has 118 valence electrons. The van der Waals surface area contributed by atoms with Gasteiger partial charge in [0.25, 0.3) is 0 Å². The van der Waals surface area contributed by atoms with Crippen LogP contribution in [-0.2, 0) is 19.1 Å². The van der Waals surface area contributed by atoms with E-state index in [1.807, 2.05) is 0 Å². The molecular weight excluding hydrogens is 256 g/mol. The van der Waals surface area contributed by atoms with Crippen LogP contribution in [0.4, 0.5) is 0 Å². The lowest BCUT2D eigenvalue weighted by Gasteiger charge is -2.19. The molecule has 4 nitrogen and oxygen atoms in total. The minimum atomic E-state index is -0.506. The Labute approximate surface area is 123 Å². The summed E-state index contributed by atoms with van der Waals surface area (Å²) in [4.78, 5) is 22.9. The molecule has 0 bridgehead atoms. The van der Waals surface area contributed by atoms with Crippen LogP contribution in [0.15, 0.2) is 0 Å². The number of carbonyl (C=O) groups excluding carboxylic acids is 2. The van der Waals surface area contributed by atoms with E-state index in [0.29, 0.717) is 12.0 Å². The van der Waals surface area contributed by atoms with Gasteiger partial charge in [0.15, 0.2) is 0 Å². The van der Waals surface area contributed by atoms with Gasteiger partial charge in [-0.2, -0.15) is 0 Å². The van der Waals surface area contributed by atoms with Crippen LogP contribution < -0.4 is 0 Å². The van der Waals surface area contributed by atoms with Gasteiger partial charge >= 0.3 is 11.9 Å². The van der Waals surface area contributed by atoms with Crippen molar-refractivity contribution in [1.29, 1.82) is 0 Å². The molecule has 0 aliphatic rings. The fourth-order valence-corrected chi connectivity index (χ4v) is 1.61. The minimum Gasteiger partial charge on any atom is -0.466 e. The van der Waals surface area contributed by atoms with E-state index < -0.39 is 5.60 Å². The molecule has 0 aromatic heterocycles. The summed E-state index contributed by atoms with van der Waals surface area (Å²) in [5, 5.41) is 0. The van der Waals surface area contributed by atoms with Gasteiger partial charge in [-0.25, -0.2) is 0 Å². The molecule has 0 saturated heterocycles. The second-order valence-corrected chi connectivity index (χ2v) is 7.32. The fraction of sp³-hybridized carbons (Fsp3) is 0.875. The highest BCUT2D eigenvalue weighted by molar-refractivity contribution is 5.77. The average Bonchev–Trinajstić information content (AvgIpc) is 2.22. The average molecular weight is 286 g/mol. The van der Waals surface area contributed by atoms with Crippen molar-refractivity contribution in [3.05, 3.63) is 0 Å². The van der Waals surface area contributed by atoms with Crippen LogP contribution in [0.3, 0.4) is 0 Å². The number of carbonyl (C=O) groups is 2. The van der Waals surface area contributed by atoms with E-state index in [0.717, 1.165) is 19.3 Å². The maximum Gasteiger partial charge on any atom is 0.306 e. The second-order valence-electron chi connectivity index (χ2n) is 7.32. The van der Waals surface area contributed by atoms with E-state index in [1.54, 1.807) is 20.8 Å². The van der Waals surface area contributed by atoms with Crippen LogP contribution in [0.1, 0.15) is 73.6 Å². The molecule has 0 aromatic carbocycles. The first-order valence-corrected chi connectivity index (χ1v) is 7.37. The number of hydrogen-bond donors (Lipinski definition) is 0. The Morgan fingerprint density at radius 3 is 1.90 bits per heavy atom. The predicted molar refractivity (Wildman–Crippen MR) is 79.3 cm³/mol. The summed E-state index contributed by atoms with van der Waals surface area (Å²) in [6.07, 6.45) is 3.20. The van der Waals surface area contributed by atoms with Gasteiger partial charge in [-0.3, -0.25) is 9.59 Å². The molecule has 0 aliphatic heterocycles. The first-order valence-electron chi connectivity index (χ1n) is 7.37. The summed E-state index contributed by atoms with van der Waals surface area (Å²) < 4.78 is 10.2. The zero-order valence-electron chi connectivity index (χ0n) is 13.9. The third kappa shape index (κ3) is 13.4. The van der Waals surface area contributed by atoms with Crippen LogP contribution in [-0.4, -0.2) is 24.1 Å². The number of ether oxygens (including phenoxy) is 2. The molecule has 0 heterocycles. The largest absolute Gasteiger partial charge is 0.466 e. The first-order chi connectivity index (χ1) is 8.99. The zero-order valence-corrected chi connectivity index (χ0v) is 13.9. The summed E-state index contributed by atoms with van der Waals surface area (Å²) >= 11 is 0. The molecular formula is C16H30O4. The maximum atomic E-state index is 11.4. The van der Waals surface area contributed by atoms with Gasteiger partial charge in [-0.05, 0) is 45.4 Å². The third-order valence-corrected chi connectivity index (χ3v) is 2.54. The second kappa shape index (κ2) is 8.28. The van der Waals surface area contributed by atoms with Crippen LogP contribution in [0.5, 0.6) is 0 Å². The Morgan fingerprint density at radius 2 is 1.40 bits per heavy atom. The normalized spacial score (nSPS) is 12.1. The fourth-order valence-electron chi connectivity index (χ4n) is 1.61. The molecule has 0 aliphatic carbocycles. The van der Waals surface area contributed by atoms with Gasteiger partial charge in [-0.1, -0.05) is 20.8 Å². The Morgan fingerprint density at radius 1 is 0.850 bits per heavy atom. The number of hydrogen-bond acceptors (Lipinski definition) is 4. The van der Waals surface area contributed by atoms with E-state index in [4.69, 9.17) is 9.47 Å². The van der Waals surface area contributed by atoms with Gasteiger partial charge in [0, 0.05) is 0 Å².